The molecule has 0 aliphatic heterocycles. The highest BCUT2D eigenvalue weighted by Gasteiger charge is 2.18. The predicted octanol–water partition coefficient (Wildman–Crippen LogP) is 1.65. The van der Waals surface area contributed by atoms with E-state index < -0.39 is 12.9 Å². The number of pyridine rings is 1. The largest absolute Gasteiger partial charge is 0.490 e. The number of hydrogen-bond donors (Lipinski definition) is 2. The summed E-state index contributed by atoms with van der Waals surface area (Å²) in [6.07, 6.45) is 2.68. The van der Waals surface area contributed by atoms with Crippen LogP contribution >= 0.6 is 11.6 Å². The zero-order chi connectivity index (χ0) is 14.0. The normalized spacial score (nSPS) is 10.4. The van der Waals surface area contributed by atoms with E-state index in [0.717, 1.165) is 6.07 Å². The first kappa shape index (κ1) is 13.8. The van der Waals surface area contributed by atoms with Crippen LogP contribution in [-0.2, 0) is 0 Å². The molecule has 2 rings (SSSR count). The van der Waals surface area contributed by atoms with Crippen molar-refractivity contribution in [3.63, 3.8) is 0 Å². The Kier molecular flexibility index (Phi) is 4.04. The molecule has 1 heterocycles. The van der Waals surface area contributed by atoms with Gasteiger partial charge in [0.15, 0.2) is 11.6 Å². The Morgan fingerprint density at radius 2 is 2.00 bits per heavy atom. The third-order valence-electron chi connectivity index (χ3n) is 2.60. The van der Waals surface area contributed by atoms with E-state index in [2.05, 4.69) is 4.98 Å². The van der Waals surface area contributed by atoms with Crippen molar-refractivity contribution in [2.45, 2.75) is 6.92 Å². The van der Waals surface area contributed by atoms with Gasteiger partial charge >= 0.3 is 7.12 Å². The van der Waals surface area contributed by atoms with E-state index in [4.69, 9.17) is 26.4 Å². The molecule has 98 valence electrons. The fourth-order valence-corrected chi connectivity index (χ4v) is 1.72. The molecule has 0 unspecified atom stereocenters. The van der Waals surface area contributed by atoms with Gasteiger partial charge in [0.25, 0.3) is 0 Å². The molecule has 2 N–H and O–H groups in total. The minimum atomic E-state index is -1.66. The summed E-state index contributed by atoms with van der Waals surface area (Å²) in [4.78, 5) is 3.82. The second-order valence-corrected chi connectivity index (χ2v) is 4.34. The zero-order valence-corrected chi connectivity index (χ0v) is 10.7. The van der Waals surface area contributed by atoms with Crippen molar-refractivity contribution in [1.29, 1.82) is 0 Å². The van der Waals surface area contributed by atoms with Crippen molar-refractivity contribution in [3.05, 3.63) is 47.0 Å². The SMILES string of the molecule is Cc1c(Oc2ccc(Cl)cc2F)cncc1B(O)O. The first-order valence-electron chi connectivity index (χ1n) is 5.42. The fraction of sp³-hybridized carbons (Fsp3) is 0.0833. The Labute approximate surface area is 114 Å². The maximum atomic E-state index is 13.6. The topological polar surface area (TPSA) is 62.6 Å². The molecule has 1 aromatic carbocycles. The molecule has 0 amide bonds. The first-order chi connectivity index (χ1) is 8.99. The summed E-state index contributed by atoms with van der Waals surface area (Å²) < 4.78 is 19.0. The molecule has 0 radical (unpaired) electrons. The lowest BCUT2D eigenvalue weighted by atomic mass is 9.78. The number of hydrogen-bond acceptors (Lipinski definition) is 4. The number of benzene rings is 1. The van der Waals surface area contributed by atoms with E-state index in [1.54, 1.807) is 6.92 Å². The molecule has 19 heavy (non-hydrogen) atoms. The molecule has 1 aromatic heterocycles. The zero-order valence-electron chi connectivity index (χ0n) is 9.97. The second-order valence-electron chi connectivity index (χ2n) is 3.90. The van der Waals surface area contributed by atoms with Crippen molar-refractivity contribution >= 4 is 24.2 Å². The molecule has 0 bridgehead atoms. The molecule has 0 saturated heterocycles. The van der Waals surface area contributed by atoms with Gasteiger partial charge in [-0.2, -0.15) is 0 Å². The Balaban J connectivity index is 2.36. The van der Waals surface area contributed by atoms with Crippen LogP contribution < -0.4 is 10.2 Å². The molecule has 0 saturated carbocycles. The molecule has 4 nitrogen and oxygen atoms in total. The van der Waals surface area contributed by atoms with E-state index in [-0.39, 0.29) is 22.0 Å². The van der Waals surface area contributed by atoms with E-state index >= 15 is 0 Å². The molecule has 0 fully saturated rings. The summed E-state index contributed by atoms with van der Waals surface area (Å²) in [6, 6.07) is 4.01. The van der Waals surface area contributed by atoms with Crippen molar-refractivity contribution in [2.24, 2.45) is 0 Å². The lowest BCUT2D eigenvalue weighted by Crippen LogP contribution is -2.32. The van der Waals surface area contributed by atoms with Gasteiger partial charge in [0.05, 0.1) is 6.20 Å². The molecule has 0 atom stereocenters. The van der Waals surface area contributed by atoms with Crippen LogP contribution in [0.25, 0.3) is 0 Å². The summed E-state index contributed by atoms with van der Waals surface area (Å²) in [5, 5.41) is 18.6. The van der Waals surface area contributed by atoms with Gasteiger partial charge in [0.2, 0.25) is 0 Å². The Morgan fingerprint density at radius 1 is 1.26 bits per heavy atom. The van der Waals surface area contributed by atoms with Gasteiger partial charge in [0.1, 0.15) is 5.75 Å². The molecule has 0 aliphatic carbocycles. The number of ether oxygens (including phenoxy) is 1. The second kappa shape index (κ2) is 5.56. The van der Waals surface area contributed by atoms with Crippen LogP contribution in [0.2, 0.25) is 5.02 Å². The van der Waals surface area contributed by atoms with E-state index in [1.165, 1.54) is 24.5 Å². The Morgan fingerprint density at radius 3 is 2.63 bits per heavy atom. The van der Waals surface area contributed by atoms with Crippen LogP contribution in [0, 0.1) is 12.7 Å². The van der Waals surface area contributed by atoms with Gasteiger partial charge in [-0.25, -0.2) is 4.39 Å². The predicted molar refractivity (Wildman–Crippen MR) is 70.3 cm³/mol. The first-order valence-corrected chi connectivity index (χ1v) is 5.80. The molecule has 7 heteroatoms. The maximum Gasteiger partial charge on any atom is 0.490 e. The van der Waals surface area contributed by atoms with Gasteiger partial charge in [-0.05, 0) is 30.7 Å². The standard InChI is InChI=1S/C12H10BClFNO3/c1-7-9(13(17)18)5-16-6-12(7)19-11-3-2-8(14)4-10(11)15/h2-6,17-18H,1H3. The Bertz CT molecular complexity index is 610. The van der Waals surface area contributed by atoms with E-state index in [1.807, 2.05) is 0 Å². The van der Waals surface area contributed by atoms with E-state index in [9.17, 15) is 4.39 Å². The van der Waals surface area contributed by atoms with Crippen LogP contribution in [0.1, 0.15) is 5.56 Å². The van der Waals surface area contributed by atoms with Gasteiger partial charge in [-0.1, -0.05) is 11.6 Å². The monoisotopic (exact) mass is 281 g/mol. The number of nitrogens with zero attached hydrogens (tertiary/aromatic N) is 1. The van der Waals surface area contributed by atoms with Gasteiger partial charge in [0, 0.05) is 16.7 Å². The lowest BCUT2D eigenvalue weighted by molar-refractivity contribution is 0.422. The van der Waals surface area contributed by atoms with Crippen LogP contribution in [0.15, 0.2) is 30.6 Å². The summed E-state index contributed by atoms with van der Waals surface area (Å²) in [5.74, 6) is -0.382. The van der Waals surface area contributed by atoms with Gasteiger partial charge in [-0.15, -0.1) is 0 Å². The van der Waals surface area contributed by atoms with Crippen molar-refractivity contribution in [2.75, 3.05) is 0 Å². The minimum absolute atomic E-state index is 0.0149. The highest BCUT2D eigenvalue weighted by atomic mass is 35.5. The highest BCUT2D eigenvalue weighted by molar-refractivity contribution is 6.59. The average Bonchev–Trinajstić information content (AvgIpc) is 2.34. The summed E-state index contributed by atoms with van der Waals surface area (Å²) >= 11 is 5.64. The van der Waals surface area contributed by atoms with Crippen molar-refractivity contribution < 1.29 is 19.2 Å². The maximum absolute atomic E-state index is 13.6. The smallest absolute Gasteiger partial charge is 0.452 e. The van der Waals surface area contributed by atoms with Crippen molar-refractivity contribution in [1.82, 2.24) is 4.98 Å². The molecular formula is C12H10BClFNO3. The van der Waals surface area contributed by atoms with Gasteiger partial charge < -0.3 is 14.8 Å². The summed E-state index contributed by atoms with van der Waals surface area (Å²) in [6.45, 7) is 1.62. The van der Waals surface area contributed by atoms with Crippen LogP contribution in [0.5, 0.6) is 11.5 Å². The summed E-state index contributed by atoms with van der Waals surface area (Å²) in [7, 11) is -1.66. The molecule has 0 aliphatic rings. The Hall–Kier alpha value is -1.63. The van der Waals surface area contributed by atoms with Crippen LogP contribution in [-0.4, -0.2) is 22.2 Å². The third-order valence-corrected chi connectivity index (χ3v) is 2.84. The number of rotatable bonds is 3. The summed E-state index contributed by atoms with van der Waals surface area (Å²) in [5.41, 5.74) is 0.672. The number of aromatic nitrogens is 1. The average molecular weight is 281 g/mol. The molecule has 0 spiro atoms. The van der Waals surface area contributed by atoms with Crippen LogP contribution in [0.3, 0.4) is 0 Å². The van der Waals surface area contributed by atoms with Crippen LogP contribution in [0.4, 0.5) is 4.39 Å². The third kappa shape index (κ3) is 3.04. The van der Waals surface area contributed by atoms with E-state index in [0.29, 0.717) is 5.56 Å². The lowest BCUT2D eigenvalue weighted by Gasteiger charge is -2.12. The molecular weight excluding hydrogens is 271 g/mol. The fourth-order valence-electron chi connectivity index (χ4n) is 1.56. The number of halogens is 2. The molecule has 2 aromatic rings. The quantitative estimate of drug-likeness (QED) is 0.840. The minimum Gasteiger partial charge on any atom is -0.452 e. The van der Waals surface area contributed by atoms with Gasteiger partial charge in [-0.3, -0.25) is 4.98 Å². The highest BCUT2D eigenvalue weighted by Crippen LogP contribution is 2.27. The van der Waals surface area contributed by atoms with Crippen molar-refractivity contribution in [3.8, 4) is 11.5 Å².